The number of thiol groups is 1. The number of amides is 1. The van der Waals surface area contributed by atoms with Crippen LogP contribution in [0.25, 0.3) is 0 Å². The van der Waals surface area contributed by atoms with Gasteiger partial charge < -0.3 is 27.0 Å². The van der Waals surface area contributed by atoms with E-state index < -0.39 is 17.8 Å². The number of halogens is 2. The van der Waals surface area contributed by atoms with Crippen LogP contribution in [-0.2, 0) is 4.74 Å². The standard InChI is InChI=1S/C18H26ClNO3.C15H23ClN2S.C2H7NS/c1-18(2,3)23-17(22)20-15-10-9-13(19)11-14(15)16(21)12-7-5-4-6-8-12;16-12-6-7-14(18)13(10-12)15(19-9-8-17)11-4-2-1-3-5-11;3-1-2-4/h9-12,16,21H,4-8H2,1-3H3,(H,20,22);6-7,10-11,15H,1-5,8-9,17-18H2;4H,1-3H2. The van der Waals surface area contributed by atoms with Crippen molar-refractivity contribution in [1.82, 2.24) is 0 Å². The zero-order chi connectivity index (χ0) is 34.1. The number of nitrogens with two attached hydrogens (primary N) is 3. The molecule has 2 aromatic rings. The average Bonchev–Trinajstić information content (AvgIpc) is 3.04. The summed E-state index contributed by atoms with van der Waals surface area (Å²) in [6.07, 6.45) is 11.0. The monoisotopic (exact) mass is 714 g/mol. The Morgan fingerprint density at radius 1 is 0.935 bits per heavy atom. The molecule has 2 aliphatic rings. The second-order valence-corrected chi connectivity index (χ2v) is 15.5. The van der Waals surface area contributed by atoms with Crippen molar-refractivity contribution in [1.29, 1.82) is 0 Å². The maximum Gasteiger partial charge on any atom is 0.412 e. The Balaban J connectivity index is 0.000000291. The van der Waals surface area contributed by atoms with Crippen molar-refractivity contribution >= 4 is 65.1 Å². The summed E-state index contributed by atoms with van der Waals surface area (Å²) in [7, 11) is 0. The summed E-state index contributed by atoms with van der Waals surface area (Å²) in [5.41, 5.74) is 19.5. The lowest BCUT2D eigenvalue weighted by Crippen LogP contribution is -2.28. The van der Waals surface area contributed by atoms with E-state index in [1.807, 2.05) is 50.7 Å². The van der Waals surface area contributed by atoms with Gasteiger partial charge in [0.2, 0.25) is 0 Å². The first-order valence-corrected chi connectivity index (χ1v) is 19.0. The predicted molar refractivity (Wildman–Crippen MR) is 202 cm³/mol. The topological polar surface area (TPSA) is 137 Å². The molecular formula is C35H56Cl2N4O3S2. The second kappa shape index (κ2) is 21.6. The van der Waals surface area contributed by atoms with Crippen LogP contribution in [0.1, 0.15) is 107 Å². The highest BCUT2D eigenvalue weighted by Crippen LogP contribution is 2.45. The van der Waals surface area contributed by atoms with Gasteiger partial charge in [-0.25, -0.2) is 4.79 Å². The molecule has 0 radical (unpaired) electrons. The highest BCUT2D eigenvalue weighted by atomic mass is 35.5. The maximum absolute atomic E-state index is 12.0. The normalized spacial score (nSPS) is 17.1. The number of anilines is 2. The van der Waals surface area contributed by atoms with Crippen molar-refractivity contribution in [3.8, 4) is 0 Å². The number of thioether (sulfide) groups is 1. The van der Waals surface area contributed by atoms with Gasteiger partial charge in [-0.2, -0.15) is 24.4 Å². The largest absolute Gasteiger partial charge is 0.444 e. The number of benzene rings is 2. The van der Waals surface area contributed by atoms with Crippen molar-refractivity contribution in [2.45, 2.75) is 102 Å². The summed E-state index contributed by atoms with van der Waals surface area (Å²) in [6.45, 7) is 6.84. The Hall–Kier alpha value is -1.33. The molecular weight excluding hydrogens is 659 g/mol. The minimum atomic E-state index is -0.626. The minimum absolute atomic E-state index is 0.210. The van der Waals surface area contributed by atoms with E-state index in [0.29, 0.717) is 40.5 Å². The van der Waals surface area contributed by atoms with Crippen LogP contribution in [0.2, 0.25) is 10.0 Å². The van der Waals surface area contributed by atoms with Crippen LogP contribution < -0.4 is 22.5 Å². The zero-order valence-corrected chi connectivity index (χ0v) is 31.0. The van der Waals surface area contributed by atoms with Gasteiger partial charge in [0.25, 0.3) is 0 Å². The highest BCUT2D eigenvalue weighted by Gasteiger charge is 2.28. The van der Waals surface area contributed by atoms with Gasteiger partial charge in [-0.05, 0) is 100 Å². The highest BCUT2D eigenvalue weighted by molar-refractivity contribution is 7.99. The molecule has 7 nitrogen and oxygen atoms in total. The zero-order valence-electron chi connectivity index (χ0n) is 27.8. The van der Waals surface area contributed by atoms with E-state index in [1.54, 1.807) is 18.2 Å². The molecule has 260 valence electrons. The van der Waals surface area contributed by atoms with Crippen molar-refractivity contribution in [3.63, 3.8) is 0 Å². The molecule has 2 aromatic carbocycles. The summed E-state index contributed by atoms with van der Waals surface area (Å²) in [5, 5.41) is 15.2. The fourth-order valence-electron chi connectivity index (χ4n) is 5.91. The van der Waals surface area contributed by atoms with Gasteiger partial charge in [-0.3, -0.25) is 5.32 Å². The molecule has 11 heteroatoms. The van der Waals surface area contributed by atoms with Crippen LogP contribution in [0.4, 0.5) is 16.2 Å². The maximum atomic E-state index is 12.0. The van der Waals surface area contributed by atoms with Crippen molar-refractivity contribution < 1.29 is 14.6 Å². The van der Waals surface area contributed by atoms with E-state index in [2.05, 4.69) is 17.9 Å². The third kappa shape index (κ3) is 14.8. The number of aliphatic hydroxyl groups is 1. The molecule has 4 rings (SSSR count). The Labute approximate surface area is 296 Å². The summed E-state index contributed by atoms with van der Waals surface area (Å²) in [6, 6.07) is 11.0. The first-order valence-electron chi connectivity index (χ1n) is 16.5. The Morgan fingerprint density at radius 2 is 1.46 bits per heavy atom. The van der Waals surface area contributed by atoms with Gasteiger partial charge in [-0.1, -0.05) is 61.7 Å². The molecule has 2 unspecified atom stereocenters. The Kier molecular flexibility index (Phi) is 19.2. The van der Waals surface area contributed by atoms with Crippen molar-refractivity contribution in [3.05, 3.63) is 57.6 Å². The van der Waals surface area contributed by atoms with E-state index in [9.17, 15) is 9.90 Å². The number of ether oxygens (including phenoxy) is 1. The number of carbonyl (C=O) groups is 1. The van der Waals surface area contributed by atoms with Crippen molar-refractivity contribution in [2.75, 3.05) is 35.6 Å². The fourth-order valence-corrected chi connectivity index (χ4v) is 7.59. The molecule has 2 atom stereocenters. The molecule has 0 aromatic heterocycles. The van der Waals surface area contributed by atoms with Gasteiger partial charge in [0.15, 0.2) is 0 Å². The molecule has 0 spiro atoms. The average molecular weight is 716 g/mol. The number of hydrogen-bond acceptors (Lipinski definition) is 8. The SMILES string of the molecule is CC(C)(C)OC(=O)Nc1ccc(Cl)cc1C(O)C1CCCCC1.NCCS.NCCSC(c1cc(Cl)ccc1N)C1CCCCC1. The first kappa shape index (κ1) is 40.8. The molecule has 2 fully saturated rings. The smallest absolute Gasteiger partial charge is 0.412 e. The van der Waals surface area contributed by atoms with Gasteiger partial charge in [0.1, 0.15) is 5.60 Å². The number of hydrogen-bond donors (Lipinski definition) is 6. The van der Waals surface area contributed by atoms with Crippen LogP contribution in [0.3, 0.4) is 0 Å². The number of aliphatic hydroxyl groups excluding tert-OH is 1. The third-order valence-electron chi connectivity index (χ3n) is 8.04. The second-order valence-electron chi connectivity index (χ2n) is 13.0. The van der Waals surface area contributed by atoms with Crippen LogP contribution in [-0.4, -0.2) is 41.4 Å². The summed E-state index contributed by atoms with van der Waals surface area (Å²) >= 11 is 18.0. The minimum Gasteiger partial charge on any atom is -0.444 e. The van der Waals surface area contributed by atoms with Crippen LogP contribution in [0, 0.1) is 11.8 Å². The molecule has 1 amide bonds. The number of carbonyl (C=O) groups excluding carboxylic acids is 1. The van der Waals surface area contributed by atoms with E-state index in [4.69, 9.17) is 45.1 Å². The van der Waals surface area contributed by atoms with Gasteiger partial charge in [0, 0.05) is 56.8 Å². The molecule has 0 bridgehead atoms. The van der Waals surface area contributed by atoms with Gasteiger partial charge in [0.05, 0.1) is 6.10 Å². The summed E-state index contributed by atoms with van der Waals surface area (Å²) in [5.74, 6) is 2.69. The molecule has 0 heterocycles. The Bertz CT molecular complexity index is 1170. The number of nitrogens with one attached hydrogen (secondary N) is 1. The number of nitrogen functional groups attached to an aromatic ring is 1. The third-order valence-corrected chi connectivity index (χ3v) is 10.2. The predicted octanol–water partition coefficient (Wildman–Crippen LogP) is 9.41. The van der Waals surface area contributed by atoms with E-state index in [0.717, 1.165) is 47.9 Å². The van der Waals surface area contributed by atoms with Gasteiger partial charge in [-0.15, -0.1) is 0 Å². The molecule has 2 aliphatic carbocycles. The van der Waals surface area contributed by atoms with Crippen molar-refractivity contribution in [2.24, 2.45) is 23.3 Å². The quantitative estimate of drug-likeness (QED) is 0.112. The molecule has 0 aliphatic heterocycles. The van der Waals surface area contributed by atoms with Crippen LogP contribution in [0.5, 0.6) is 0 Å². The molecule has 2 saturated carbocycles. The fraction of sp³-hybridized carbons (Fsp3) is 0.629. The van der Waals surface area contributed by atoms with Crippen LogP contribution in [0.15, 0.2) is 36.4 Å². The lowest BCUT2D eigenvalue weighted by atomic mass is 9.82. The molecule has 8 N–H and O–H groups in total. The first-order chi connectivity index (χ1) is 21.9. The lowest BCUT2D eigenvalue weighted by molar-refractivity contribution is 0.0633. The molecule has 0 saturated heterocycles. The van der Waals surface area contributed by atoms with E-state index in [-0.39, 0.29) is 5.92 Å². The lowest BCUT2D eigenvalue weighted by Gasteiger charge is -2.31. The molecule has 46 heavy (non-hydrogen) atoms. The van der Waals surface area contributed by atoms with E-state index >= 15 is 0 Å². The summed E-state index contributed by atoms with van der Waals surface area (Å²) in [4.78, 5) is 12.0. The summed E-state index contributed by atoms with van der Waals surface area (Å²) < 4.78 is 5.29. The Morgan fingerprint density at radius 3 is 1.98 bits per heavy atom. The van der Waals surface area contributed by atoms with Gasteiger partial charge >= 0.3 is 6.09 Å². The van der Waals surface area contributed by atoms with E-state index in [1.165, 1.54) is 44.1 Å². The van der Waals surface area contributed by atoms with Crippen LogP contribution >= 0.6 is 47.6 Å². The number of rotatable bonds is 9.